The summed E-state index contributed by atoms with van der Waals surface area (Å²) in [5.41, 5.74) is 8.68. The molecule has 0 radical (unpaired) electrons. The van der Waals surface area contributed by atoms with Crippen molar-refractivity contribution in [1.29, 1.82) is 5.41 Å². The number of amides is 1. The highest BCUT2D eigenvalue weighted by Gasteiger charge is 2.21. The Balaban J connectivity index is 0.000000656. The summed E-state index contributed by atoms with van der Waals surface area (Å²) < 4.78 is 0. The van der Waals surface area contributed by atoms with E-state index in [9.17, 15) is 4.79 Å². The molecule has 5 N–H and O–H groups in total. The van der Waals surface area contributed by atoms with Crippen LogP contribution in [0.4, 0.5) is 0 Å². The second kappa shape index (κ2) is 14.1. The van der Waals surface area contributed by atoms with Gasteiger partial charge in [-0.2, -0.15) is 0 Å². The Bertz CT molecular complexity index is 844. The van der Waals surface area contributed by atoms with Crippen molar-refractivity contribution in [3.63, 3.8) is 0 Å². The lowest BCUT2D eigenvalue weighted by Crippen LogP contribution is -2.32. The highest BCUT2D eigenvalue weighted by molar-refractivity contribution is 6.30. The Morgan fingerprint density at radius 2 is 1.90 bits per heavy atom. The lowest BCUT2D eigenvalue weighted by Gasteiger charge is -2.12. The monoisotopic (exact) mass is 427 g/mol. The molecule has 1 aromatic rings. The number of halogens is 1. The van der Waals surface area contributed by atoms with Gasteiger partial charge in [0.05, 0.1) is 12.3 Å². The van der Waals surface area contributed by atoms with Gasteiger partial charge in [-0.05, 0) is 55.0 Å². The van der Waals surface area contributed by atoms with E-state index in [1.807, 2.05) is 36.4 Å². The highest BCUT2D eigenvalue weighted by atomic mass is 35.5. The van der Waals surface area contributed by atoms with E-state index in [0.29, 0.717) is 22.7 Å². The third kappa shape index (κ3) is 8.64. The molecule has 0 aromatic heterocycles. The van der Waals surface area contributed by atoms with Gasteiger partial charge < -0.3 is 21.6 Å². The molecule has 0 saturated heterocycles. The third-order valence-corrected chi connectivity index (χ3v) is 4.52. The molecule has 30 heavy (non-hydrogen) atoms. The van der Waals surface area contributed by atoms with Crippen molar-refractivity contribution in [2.75, 3.05) is 13.2 Å². The van der Waals surface area contributed by atoms with Gasteiger partial charge in [0.15, 0.2) is 0 Å². The first-order chi connectivity index (χ1) is 14.4. The van der Waals surface area contributed by atoms with E-state index in [4.69, 9.17) is 27.9 Å². The minimum atomic E-state index is -0.437. The number of rotatable bonds is 6. The van der Waals surface area contributed by atoms with Crippen molar-refractivity contribution < 1.29 is 9.90 Å². The first-order valence-corrected chi connectivity index (χ1v) is 10.2. The largest absolute Gasteiger partial charge is 0.395 e. The van der Waals surface area contributed by atoms with Gasteiger partial charge in [-0.25, -0.2) is 0 Å². The lowest BCUT2D eigenvalue weighted by molar-refractivity contribution is -0.117. The molecule has 2 rings (SSSR count). The van der Waals surface area contributed by atoms with Crippen LogP contribution in [-0.2, 0) is 4.79 Å². The first kappa shape index (κ1) is 25.1. The number of allylic oxidation sites excluding steroid dienone is 6. The normalized spacial score (nSPS) is 17.0. The van der Waals surface area contributed by atoms with E-state index < -0.39 is 5.91 Å². The van der Waals surface area contributed by atoms with Gasteiger partial charge in [0.25, 0.3) is 5.91 Å². The molecule has 1 amide bonds. The Morgan fingerprint density at radius 3 is 2.50 bits per heavy atom. The molecule has 0 aliphatic heterocycles. The summed E-state index contributed by atoms with van der Waals surface area (Å²) in [6.07, 6.45) is 12.2. The summed E-state index contributed by atoms with van der Waals surface area (Å²) in [4.78, 5) is 12.0. The molecule has 0 bridgehead atoms. The molecule has 160 valence electrons. The van der Waals surface area contributed by atoms with E-state index in [-0.39, 0.29) is 18.8 Å². The van der Waals surface area contributed by atoms with Crippen LogP contribution in [0.15, 0.2) is 78.6 Å². The number of aliphatic hydroxyl groups excluding tert-OH is 1. The van der Waals surface area contributed by atoms with Gasteiger partial charge in [-0.15, -0.1) is 0 Å². The van der Waals surface area contributed by atoms with Crippen LogP contribution in [0.5, 0.6) is 0 Å². The Hall–Kier alpha value is -2.89. The van der Waals surface area contributed by atoms with Crippen molar-refractivity contribution in [2.45, 2.75) is 25.7 Å². The second-order valence-electron chi connectivity index (χ2n) is 6.53. The molecule has 6 heteroatoms. The lowest BCUT2D eigenvalue weighted by atomic mass is 9.97. The summed E-state index contributed by atoms with van der Waals surface area (Å²) in [7, 11) is 0. The maximum absolute atomic E-state index is 12.0. The van der Waals surface area contributed by atoms with E-state index in [2.05, 4.69) is 18.5 Å². The molecule has 1 aromatic carbocycles. The molecule has 1 aliphatic carbocycles. The van der Waals surface area contributed by atoms with Crippen molar-refractivity contribution >= 4 is 29.3 Å². The fourth-order valence-corrected chi connectivity index (χ4v) is 3.03. The molecule has 1 saturated carbocycles. The van der Waals surface area contributed by atoms with Crippen LogP contribution in [0.3, 0.4) is 0 Å². The minimum Gasteiger partial charge on any atom is -0.395 e. The van der Waals surface area contributed by atoms with Crippen LogP contribution in [-0.4, -0.2) is 29.9 Å². The third-order valence-electron chi connectivity index (χ3n) is 4.29. The molecule has 1 fully saturated rings. The van der Waals surface area contributed by atoms with Gasteiger partial charge in [0.2, 0.25) is 0 Å². The van der Waals surface area contributed by atoms with E-state index in [1.165, 1.54) is 0 Å². The van der Waals surface area contributed by atoms with E-state index >= 15 is 0 Å². The number of nitrogens with one attached hydrogen (secondary N) is 2. The van der Waals surface area contributed by atoms with Crippen LogP contribution >= 0.6 is 11.6 Å². The fraction of sp³-hybridized carbons (Fsp3) is 0.250. The number of aliphatic hydroxyl groups is 1. The summed E-state index contributed by atoms with van der Waals surface area (Å²) in [5, 5.41) is 20.5. The van der Waals surface area contributed by atoms with Crippen LogP contribution < -0.4 is 11.1 Å². The van der Waals surface area contributed by atoms with Crippen LogP contribution in [0.2, 0.25) is 5.02 Å². The molecule has 0 unspecified atom stereocenters. The summed E-state index contributed by atoms with van der Waals surface area (Å²) >= 11 is 6.01. The maximum Gasteiger partial charge on any atom is 0.267 e. The zero-order valence-electron chi connectivity index (χ0n) is 17.2. The first-order valence-electron chi connectivity index (χ1n) is 9.77. The van der Waals surface area contributed by atoms with Gasteiger partial charge in [0.1, 0.15) is 5.70 Å². The van der Waals surface area contributed by atoms with Crippen molar-refractivity contribution in [1.82, 2.24) is 5.32 Å². The Labute approximate surface area is 183 Å². The number of carbonyl (C=O) groups excluding carboxylic acids is 1. The van der Waals surface area contributed by atoms with Crippen LogP contribution in [0, 0.1) is 5.41 Å². The van der Waals surface area contributed by atoms with Crippen molar-refractivity contribution in [2.24, 2.45) is 5.73 Å². The average molecular weight is 428 g/mol. The number of carbonyl (C=O) groups is 1. The molecule has 1 aliphatic rings. The molecular formula is C24H30ClN3O2. The number of hydrogen-bond acceptors (Lipinski definition) is 4. The number of hydrogen-bond donors (Lipinski definition) is 4. The van der Waals surface area contributed by atoms with Crippen LogP contribution in [0.25, 0.3) is 6.08 Å². The van der Waals surface area contributed by atoms with Gasteiger partial charge in [-0.3, -0.25) is 4.79 Å². The quantitative estimate of drug-likeness (QED) is 0.304. The predicted molar refractivity (Wildman–Crippen MR) is 126 cm³/mol. The molecular weight excluding hydrogens is 398 g/mol. The average Bonchev–Trinajstić information content (AvgIpc) is 2.92. The van der Waals surface area contributed by atoms with Gasteiger partial charge in [0, 0.05) is 17.1 Å². The second-order valence-corrected chi connectivity index (χ2v) is 6.97. The molecule has 0 heterocycles. The fourth-order valence-electron chi connectivity index (χ4n) is 2.83. The molecule has 5 nitrogen and oxygen atoms in total. The zero-order chi connectivity index (χ0) is 22.4. The number of nitrogens with two attached hydrogens (primary N) is 1. The topological polar surface area (TPSA) is 99.2 Å². The van der Waals surface area contributed by atoms with Crippen molar-refractivity contribution in [3.05, 3.63) is 89.2 Å². The smallest absolute Gasteiger partial charge is 0.267 e. The number of benzene rings is 1. The SMILES string of the molecule is C=C/C=C\C=C.N=C1/C(=C(\N)C(=O)NCCO)CCCC/C1=C\c1cccc(Cl)c1. The minimum absolute atomic E-state index is 0.0624. The highest BCUT2D eigenvalue weighted by Crippen LogP contribution is 2.27. The van der Waals surface area contributed by atoms with Crippen LogP contribution in [0.1, 0.15) is 31.2 Å². The summed E-state index contributed by atoms with van der Waals surface area (Å²) in [6, 6.07) is 7.43. The maximum atomic E-state index is 12.0. The van der Waals surface area contributed by atoms with Gasteiger partial charge in [-0.1, -0.05) is 61.2 Å². The standard InChI is InChI=1S/C18H22ClN3O2.C6H8/c19-14-6-3-4-12(11-14)10-13-5-1-2-7-15(16(13)20)17(21)18(24)22-8-9-23;1-3-5-6-4-2/h3-4,6,10-11,20,23H,1-2,5,7-9,21H2,(H,22,24);3-6H,1-2H2/b13-10+,17-15-,20-16?;6-5-. The predicted octanol–water partition coefficient (Wildman–Crippen LogP) is 4.55. The Morgan fingerprint density at radius 1 is 1.23 bits per heavy atom. The molecule has 0 atom stereocenters. The zero-order valence-corrected chi connectivity index (χ0v) is 17.9. The van der Waals surface area contributed by atoms with Crippen molar-refractivity contribution in [3.8, 4) is 0 Å². The van der Waals surface area contributed by atoms with Gasteiger partial charge >= 0.3 is 0 Å². The van der Waals surface area contributed by atoms with E-state index in [0.717, 1.165) is 30.4 Å². The summed E-state index contributed by atoms with van der Waals surface area (Å²) in [5.74, 6) is -0.437. The van der Waals surface area contributed by atoms with E-state index in [1.54, 1.807) is 18.2 Å². The summed E-state index contributed by atoms with van der Waals surface area (Å²) in [6.45, 7) is 6.92. The Kier molecular flexibility index (Phi) is 11.9. The molecule has 0 spiro atoms.